The van der Waals surface area contributed by atoms with E-state index in [9.17, 15) is 0 Å². The summed E-state index contributed by atoms with van der Waals surface area (Å²) in [6.07, 6.45) is 4.88. The van der Waals surface area contributed by atoms with Gasteiger partial charge in [-0.25, -0.2) is 4.98 Å². The van der Waals surface area contributed by atoms with Crippen LogP contribution in [-0.2, 0) is 0 Å². The number of nitrogen functional groups attached to an aromatic ring is 1. The standard InChI is InChI=1S/C9H12ClN3O/c10-7-5-8(13-9(11)12-7)14-6-3-1-2-4-6/h5-6H,1-4H2,(H2,11,12,13). The Morgan fingerprint density at radius 2 is 2.07 bits per heavy atom. The van der Waals surface area contributed by atoms with Gasteiger partial charge in [0.05, 0.1) is 0 Å². The first-order valence-corrected chi connectivity index (χ1v) is 5.08. The van der Waals surface area contributed by atoms with Crippen molar-refractivity contribution < 1.29 is 4.74 Å². The Kier molecular flexibility index (Phi) is 2.72. The number of hydrogen-bond donors (Lipinski definition) is 1. The summed E-state index contributed by atoms with van der Waals surface area (Å²) in [4.78, 5) is 7.72. The maximum absolute atomic E-state index is 5.72. The Morgan fingerprint density at radius 1 is 1.36 bits per heavy atom. The highest BCUT2D eigenvalue weighted by Gasteiger charge is 2.17. The average Bonchev–Trinajstić information content (AvgIpc) is 2.54. The lowest BCUT2D eigenvalue weighted by atomic mass is 10.3. The van der Waals surface area contributed by atoms with Crippen LogP contribution in [0.15, 0.2) is 6.07 Å². The van der Waals surface area contributed by atoms with Gasteiger partial charge in [-0.3, -0.25) is 0 Å². The Morgan fingerprint density at radius 3 is 2.71 bits per heavy atom. The first-order valence-electron chi connectivity index (χ1n) is 4.71. The zero-order valence-corrected chi connectivity index (χ0v) is 8.50. The summed E-state index contributed by atoms with van der Waals surface area (Å²) in [6.45, 7) is 0. The van der Waals surface area contributed by atoms with Crippen LogP contribution in [-0.4, -0.2) is 16.1 Å². The van der Waals surface area contributed by atoms with E-state index in [1.807, 2.05) is 0 Å². The molecule has 1 aliphatic carbocycles. The lowest BCUT2D eigenvalue weighted by molar-refractivity contribution is 0.201. The van der Waals surface area contributed by atoms with Gasteiger partial charge in [-0.1, -0.05) is 11.6 Å². The van der Waals surface area contributed by atoms with E-state index in [0.29, 0.717) is 11.0 Å². The minimum Gasteiger partial charge on any atom is -0.474 e. The van der Waals surface area contributed by atoms with Crippen molar-refractivity contribution in [3.63, 3.8) is 0 Å². The molecule has 1 aliphatic rings. The molecule has 1 aromatic rings. The van der Waals surface area contributed by atoms with E-state index >= 15 is 0 Å². The second-order valence-electron chi connectivity index (χ2n) is 3.41. The number of aromatic nitrogens is 2. The van der Waals surface area contributed by atoms with Gasteiger partial charge in [0.2, 0.25) is 11.8 Å². The van der Waals surface area contributed by atoms with Crippen LogP contribution in [0.2, 0.25) is 5.15 Å². The second kappa shape index (κ2) is 4.00. The van der Waals surface area contributed by atoms with Crippen molar-refractivity contribution in [1.82, 2.24) is 9.97 Å². The number of hydrogen-bond acceptors (Lipinski definition) is 4. The number of rotatable bonds is 2. The minimum atomic E-state index is 0.158. The molecule has 2 N–H and O–H groups in total. The normalized spacial score (nSPS) is 17.2. The van der Waals surface area contributed by atoms with Crippen molar-refractivity contribution in [2.24, 2.45) is 0 Å². The first kappa shape index (κ1) is 9.52. The topological polar surface area (TPSA) is 61.0 Å². The third-order valence-corrected chi connectivity index (χ3v) is 2.47. The molecule has 0 bridgehead atoms. The van der Waals surface area contributed by atoms with Crippen LogP contribution in [0.5, 0.6) is 5.88 Å². The third-order valence-electron chi connectivity index (χ3n) is 2.28. The monoisotopic (exact) mass is 213 g/mol. The highest BCUT2D eigenvalue weighted by Crippen LogP contribution is 2.24. The highest BCUT2D eigenvalue weighted by atomic mass is 35.5. The smallest absolute Gasteiger partial charge is 0.224 e. The van der Waals surface area contributed by atoms with Gasteiger partial charge in [0, 0.05) is 6.07 Å². The molecule has 1 fully saturated rings. The maximum Gasteiger partial charge on any atom is 0.224 e. The largest absolute Gasteiger partial charge is 0.474 e. The quantitative estimate of drug-likeness (QED) is 0.764. The molecule has 76 valence electrons. The molecule has 1 heterocycles. The van der Waals surface area contributed by atoms with Crippen molar-refractivity contribution in [1.29, 1.82) is 0 Å². The third kappa shape index (κ3) is 2.26. The summed E-state index contributed by atoms with van der Waals surface area (Å²) >= 11 is 5.72. The van der Waals surface area contributed by atoms with E-state index in [2.05, 4.69) is 9.97 Å². The summed E-state index contributed by atoms with van der Waals surface area (Å²) in [5.41, 5.74) is 5.45. The lowest BCUT2D eigenvalue weighted by Gasteiger charge is -2.11. The van der Waals surface area contributed by atoms with Gasteiger partial charge in [-0.05, 0) is 25.7 Å². The van der Waals surface area contributed by atoms with Crippen LogP contribution in [0.25, 0.3) is 0 Å². The van der Waals surface area contributed by atoms with Crippen LogP contribution in [0.1, 0.15) is 25.7 Å². The minimum absolute atomic E-state index is 0.158. The second-order valence-corrected chi connectivity index (χ2v) is 3.80. The van der Waals surface area contributed by atoms with Crippen molar-refractivity contribution >= 4 is 17.5 Å². The van der Waals surface area contributed by atoms with Gasteiger partial charge >= 0.3 is 0 Å². The maximum atomic E-state index is 5.72. The molecule has 14 heavy (non-hydrogen) atoms. The Balaban J connectivity index is 2.07. The van der Waals surface area contributed by atoms with E-state index < -0.39 is 0 Å². The molecule has 0 radical (unpaired) electrons. The number of anilines is 1. The summed E-state index contributed by atoms with van der Waals surface area (Å²) in [6, 6.07) is 1.59. The van der Waals surface area contributed by atoms with Gasteiger partial charge in [-0.2, -0.15) is 4.98 Å². The van der Waals surface area contributed by atoms with Crippen molar-refractivity contribution in [2.75, 3.05) is 5.73 Å². The summed E-state index contributed by atoms with van der Waals surface area (Å²) in [5, 5.41) is 0.325. The zero-order valence-electron chi connectivity index (χ0n) is 7.74. The molecule has 0 aliphatic heterocycles. The fraction of sp³-hybridized carbons (Fsp3) is 0.556. The summed E-state index contributed by atoms with van der Waals surface area (Å²) in [7, 11) is 0. The van der Waals surface area contributed by atoms with Gasteiger partial charge in [0.1, 0.15) is 11.3 Å². The van der Waals surface area contributed by atoms with Crippen LogP contribution >= 0.6 is 11.6 Å². The van der Waals surface area contributed by atoms with Crippen LogP contribution in [0.4, 0.5) is 5.95 Å². The predicted octanol–water partition coefficient (Wildman–Crippen LogP) is 2.03. The molecule has 0 unspecified atom stereocenters. The zero-order chi connectivity index (χ0) is 9.97. The van der Waals surface area contributed by atoms with Gasteiger partial charge < -0.3 is 10.5 Å². The molecule has 5 heteroatoms. The number of halogens is 1. The molecule has 0 aromatic carbocycles. The molecule has 0 spiro atoms. The average molecular weight is 214 g/mol. The van der Waals surface area contributed by atoms with E-state index in [0.717, 1.165) is 12.8 Å². The van der Waals surface area contributed by atoms with Gasteiger partial charge in [0.15, 0.2) is 0 Å². The summed E-state index contributed by atoms with van der Waals surface area (Å²) < 4.78 is 5.62. The highest BCUT2D eigenvalue weighted by molar-refractivity contribution is 6.29. The molecule has 0 saturated heterocycles. The predicted molar refractivity (Wildman–Crippen MR) is 54.3 cm³/mol. The van der Waals surface area contributed by atoms with E-state index in [1.165, 1.54) is 12.8 Å². The van der Waals surface area contributed by atoms with Gasteiger partial charge in [-0.15, -0.1) is 0 Å². The number of nitrogens with zero attached hydrogens (tertiary/aromatic N) is 2. The van der Waals surface area contributed by atoms with Crippen molar-refractivity contribution in [2.45, 2.75) is 31.8 Å². The number of nitrogens with two attached hydrogens (primary N) is 1. The molecule has 4 nitrogen and oxygen atoms in total. The molecule has 1 aromatic heterocycles. The first-order chi connectivity index (χ1) is 6.74. The van der Waals surface area contributed by atoms with E-state index in [1.54, 1.807) is 6.07 Å². The molecule has 0 amide bonds. The molecular formula is C9H12ClN3O. The Labute approximate surface area is 87.4 Å². The molecule has 1 saturated carbocycles. The summed E-state index contributed by atoms with van der Waals surface area (Å²) in [5.74, 6) is 0.639. The van der Waals surface area contributed by atoms with Crippen molar-refractivity contribution in [3.05, 3.63) is 11.2 Å². The molecular weight excluding hydrogens is 202 g/mol. The Bertz CT molecular complexity index is 306. The van der Waals surface area contributed by atoms with E-state index in [4.69, 9.17) is 22.1 Å². The lowest BCUT2D eigenvalue weighted by Crippen LogP contribution is -2.12. The van der Waals surface area contributed by atoms with Gasteiger partial charge in [0.25, 0.3) is 0 Å². The van der Waals surface area contributed by atoms with Crippen LogP contribution in [0, 0.1) is 0 Å². The van der Waals surface area contributed by atoms with E-state index in [-0.39, 0.29) is 12.1 Å². The van der Waals surface area contributed by atoms with Crippen molar-refractivity contribution in [3.8, 4) is 5.88 Å². The SMILES string of the molecule is Nc1nc(Cl)cc(OC2CCCC2)n1. The Hall–Kier alpha value is -1.03. The number of ether oxygens (including phenoxy) is 1. The van der Waals surface area contributed by atoms with Crippen LogP contribution in [0.3, 0.4) is 0 Å². The van der Waals surface area contributed by atoms with Crippen LogP contribution < -0.4 is 10.5 Å². The fourth-order valence-electron chi connectivity index (χ4n) is 1.65. The molecule has 0 atom stereocenters. The molecule has 2 rings (SSSR count). The fourth-order valence-corrected chi connectivity index (χ4v) is 1.83.